The van der Waals surface area contributed by atoms with Crippen LogP contribution in [0.25, 0.3) is 0 Å². The molecule has 6 nitrogen and oxygen atoms in total. The molecule has 26 heavy (non-hydrogen) atoms. The third-order valence-corrected chi connectivity index (χ3v) is 5.06. The number of likely N-dealkylation sites (N-methyl/N-ethyl adjacent to an activating group) is 1. The van der Waals surface area contributed by atoms with Gasteiger partial charge < -0.3 is 10.4 Å². The Morgan fingerprint density at radius 2 is 1.92 bits per heavy atom. The summed E-state index contributed by atoms with van der Waals surface area (Å²) in [6, 6.07) is 6.20. The molecular formula is C19H30ClN3O3. The van der Waals surface area contributed by atoms with Crippen LogP contribution in [0.2, 0.25) is 0 Å². The van der Waals surface area contributed by atoms with Crippen molar-refractivity contribution < 1.29 is 14.7 Å². The Labute approximate surface area is 162 Å². The average molecular weight is 384 g/mol. The van der Waals surface area contributed by atoms with Gasteiger partial charge in [0.25, 0.3) is 0 Å². The van der Waals surface area contributed by atoms with E-state index in [1.807, 2.05) is 43.9 Å². The lowest BCUT2D eigenvalue weighted by Crippen LogP contribution is -2.48. The first-order valence-electron chi connectivity index (χ1n) is 8.95. The van der Waals surface area contributed by atoms with E-state index in [1.165, 1.54) is 0 Å². The number of anilines is 1. The minimum absolute atomic E-state index is 0. The number of hydrogen-bond acceptors (Lipinski definition) is 4. The molecule has 0 saturated carbocycles. The topological polar surface area (TPSA) is 72.9 Å². The summed E-state index contributed by atoms with van der Waals surface area (Å²) in [5.74, 6) is -0.776. The van der Waals surface area contributed by atoms with Crippen LogP contribution >= 0.6 is 12.4 Å². The zero-order chi connectivity index (χ0) is 18.4. The SMILES string of the molecule is CCN(CC(=O)O)C1CCN(CC(=O)Nc2cccc(C)c2C)CC1.Cl. The van der Waals surface area contributed by atoms with Gasteiger partial charge in [-0.15, -0.1) is 12.4 Å². The van der Waals surface area contributed by atoms with Gasteiger partial charge in [0.2, 0.25) is 5.91 Å². The quantitative estimate of drug-likeness (QED) is 0.757. The molecule has 0 bridgehead atoms. The van der Waals surface area contributed by atoms with Crippen LogP contribution < -0.4 is 5.32 Å². The van der Waals surface area contributed by atoms with E-state index in [0.717, 1.165) is 49.3 Å². The molecule has 0 spiro atoms. The number of benzene rings is 1. The summed E-state index contributed by atoms with van der Waals surface area (Å²) in [4.78, 5) is 27.4. The van der Waals surface area contributed by atoms with Crippen LogP contribution in [0.15, 0.2) is 18.2 Å². The fourth-order valence-electron chi connectivity index (χ4n) is 3.39. The van der Waals surface area contributed by atoms with Crippen molar-refractivity contribution in [3.8, 4) is 0 Å². The number of carboxylic acid groups (broad SMARTS) is 1. The lowest BCUT2D eigenvalue weighted by Gasteiger charge is -2.37. The van der Waals surface area contributed by atoms with Gasteiger partial charge >= 0.3 is 5.97 Å². The molecule has 1 aromatic carbocycles. The molecule has 0 aliphatic carbocycles. The molecule has 1 saturated heterocycles. The molecule has 1 aliphatic heterocycles. The zero-order valence-electron chi connectivity index (χ0n) is 15.8. The number of carbonyl (C=O) groups is 2. The Morgan fingerprint density at radius 1 is 1.27 bits per heavy atom. The molecular weight excluding hydrogens is 354 g/mol. The molecule has 0 aromatic heterocycles. The summed E-state index contributed by atoms with van der Waals surface area (Å²) in [5.41, 5.74) is 3.14. The maximum atomic E-state index is 12.3. The fraction of sp³-hybridized carbons (Fsp3) is 0.579. The minimum Gasteiger partial charge on any atom is -0.480 e. The molecule has 0 radical (unpaired) electrons. The predicted molar refractivity (Wildman–Crippen MR) is 106 cm³/mol. The van der Waals surface area contributed by atoms with E-state index in [9.17, 15) is 9.59 Å². The van der Waals surface area contributed by atoms with E-state index in [1.54, 1.807) is 0 Å². The third kappa shape index (κ3) is 6.27. The Kier molecular flexibility index (Phi) is 9.05. The lowest BCUT2D eigenvalue weighted by atomic mass is 10.0. The van der Waals surface area contributed by atoms with E-state index in [-0.39, 0.29) is 24.9 Å². The normalized spacial score (nSPS) is 15.5. The molecule has 1 aromatic rings. The van der Waals surface area contributed by atoms with Crippen LogP contribution in [0.5, 0.6) is 0 Å². The van der Waals surface area contributed by atoms with Gasteiger partial charge in [0, 0.05) is 24.8 Å². The van der Waals surface area contributed by atoms with Gasteiger partial charge in [0.05, 0.1) is 13.1 Å². The Hall–Kier alpha value is -1.63. The van der Waals surface area contributed by atoms with Gasteiger partial charge in [0.1, 0.15) is 0 Å². The van der Waals surface area contributed by atoms with Crippen LogP contribution in [0.4, 0.5) is 5.69 Å². The average Bonchev–Trinajstić information content (AvgIpc) is 2.57. The van der Waals surface area contributed by atoms with Crippen LogP contribution in [0.3, 0.4) is 0 Å². The predicted octanol–water partition coefficient (Wildman–Crippen LogP) is 2.53. The molecule has 1 heterocycles. The van der Waals surface area contributed by atoms with Gasteiger partial charge in [-0.05, 0) is 50.4 Å². The molecule has 146 valence electrons. The fourth-order valence-corrected chi connectivity index (χ4v) is 3.39. The number of hydrogen-bond donors (Lipinski definition) is 2. The maximum absolute atomic E-state index is 12.3. The number of carbonyl (C=O) groups excluding carboxylic acids is 1. The minimum atomic E-state index is -0.780. The number of amides is 1. The van der Waals surface area contributed by atoms with Gasteiger partial charge in [-0.1, -0.05) is 19.1 Å². The summed E-state index contributed by atoms with van der Waals surface area (Å²) < 4.78 is 0. The van der Waals surface area contributed by atoms with Gasteiger partial charge in [0.15, 0.2) is 0 Å². The van der Waals surface area contributed by atoms with Crippen molar-refractivity contribution in [1.29, 1.82) is 0 Å². The van der Waals surface area contributed by atoms with Crippen LogP contribution in [-0.2, 0) is 9.59 Å². The number of nitrogens with zero attached hydrogens (tertiary/aromatic N) is 2. The van der Waals surface area contributed by atoms with Gasteiger partial charge in [-0.25, -0.2) is 0 Å². The third-order valence-electron chi connectivity index (χ3n) is 5.06. The van der Waals surface area contributed by atoms with Crippen molar-refractivity contribution in [1.82, 2.24) is 9.80 Å². The van der Waals surface area contributed by atoms with E-state index < -0.39 is 5.97 Å². The summed E-state index contributed by atoms with van der Waals surface area (Å²) in [6.07, 6.45) is 1.80. The molecule has 0 unspecified atom stereocenters. The summed E-state index contributed by atoms with van der Waals surface area (Å²) in [7, 11) is 0. The highest BCUT2D eigenvalue weighted by atomic mass is 35.5. The Morgan fingerprint density at radius 3 is 2.50 bits per heavy atom. The van der Waals surface area contributed by atoms with E-state index >= 15 is 0 Å². The van der Waals surface area contributed by atoms with Crippen molar-refractivity contribution in [3.05, 3.63) is 29.3 Å². The first-order chi connectivity index (χ1) is 11.9. The van der Waals surface area contributed by atoms with Crippen molar-refractivity contribution in [3.63, 3.8) is 0 Å². The van der Waals surface area contributed by atoms with E-state index in [4.69, 9.17) is 5.11 Å². The Bertz CT molecular complexity index is 616. The second-order valence-electron chi connectivity index (χ2n) is 6.76. The smallest absolute Gasteiger partial charge is 0.317 e. The van der Waals surface area contributed by atoms with Gasteiger partial charge in [-0.2, -0.15) is 0 Å². The first-order valence-corrected chi connectivity index (χ1v) is 8.95. The first kappa shape index (κ1) is 22.4. The van der Waals surface area contributed by atoms with Crippen molar-refractivity contribution in [2.75, 3.05) is 38.0 Å². The number of likely N-dealkylation sites (tertiary alicyclic amines) is 1. The molecule has 2 N–H and O–H groups in total. The number of nitrogens with one attached hydrogen (secondary N) is 1. The monoisotopic (exact) mass is 383 g/mol. The molecule has 1 aliphatic rings. The second kappa shape index (κ2) is 10.5. The standard InChI is InChI=1S/C19H29N3O3.ClH/c1-4-22(13-19(24)25)16-8-10-21(11-9-16)12-18(23)20-17-7-5-6-14(2)15(17)3;/h5-7,16H,4,8-13H2,1-3H3,(H,20,23)(H,24,25);1H. The number of halogens is 1. The Balaban J connectivity index is 0.00000338. The molecule has 2 rings (SSSR count). The highest BCUT2D eigenvalue weighted by Crippen LogP contribution is 2.19. The molecule has 1 fully saturated rings. The highest BCUT2D eigenvalue weighted by molar-refractivity contribution is 5.93. The van der Waals surface area contributed by atoms with Crippen LogP contribution in [-0.4, -0.2) is 65.5 Å². The van der Waals surface area contributed by atoms with Crippen molar-refractivity contribution in [2.45, 2.75) is 39.7 Å². The summed E-state index contributed by atoms with van der Waals surface area (Å²) in [5, 5.41) is 12.0. The lowest BCUT2D eigenvalue weighted by molar-refractivity contribution is -0.139. The number of aliphatic carboxylic acids is 1. The van der Waals surface area contributed by atoms with Crippen molar-refractivity contribution in [2.24, 2.45) is 0 Å². The largest absolute Gasteiger partial charge is 0.480 e. The summed E-state index contributed by atoms with van der Waals surface area (Å²) in [6.45, 7) is 8.89. The van der Waals surface area contributed by atoms with E-state index in [0.29, 0.717) is 12.6 Å². The highest BCUT2D eigenvalue weighted by Gasteiger charge is 2.25. The van der Waals surface area contributed by atoms with Crippen LogP contribution in [0, 0.1) is 13.8 Å². The van der Waals surface area contributed by atoms with Crippen LogP contribution in [0.1, 0.15) is 30.9 Å². The number of rotatable bonds is 7. The molecule has 0 atom stereocenters. The molecule has 7 heteroatoms. The zero-order valence-corrected chi connectivity index (χ0v) is 16.6. The van der Waals surface area contributed by atoms with Crippen molar-refractivity contribution >= 4 is 30.0 Å². The second-order valence-corrected chi connectivity index (χ2v) is 6.76. The molecule has 1 amide bonds. The number of piperidine rings is 1. The summed E-state index contributed by atoms with van der Waals surface area (Å²) >= 11 is 0. The maximum Gasteiger partial charge on any atom is 0.317 e. The number of aryl methyl sites for hydroxylation is 1. The van der Waals surface area contributed by atoms with E-state index in [2.05, 4.69) is 10.2 Å². The number of carboxylic acids is 1. The van der Waals surface area contributed by atoms with Gasteiger partial charge in [-0.3, -0.25) is 19.4 Å².